The maximum absolute atomic E-state index is 13.2. The van der Waals surface area contributed by atoms with Crippen molar-refractivity contribution < 1.29 is 4.39 Å². The van der Waals surface area contributed by atoms with Crippen molar-refractivity contribution in [1.82, 2.24) is 0 Å². The van der Waals surface area contributed by atoms with Gasteiger partial charge in [-0.15, -0.1) is 22.7 Å². The summed E-state index contributed by atoms with van der Waals surface area (Å²) in [5.41, 5.74) is 0.452. The molecule has 0 bridgehead atoms. The average molecular weight is 320 g/mol. The Hall–Kier alpha value is -1.67. The van der Waals surface area contributed by atoms with Gasteiger partial charge in [0, 0.05) is 14.5 Å². The first-order valence-corrected chi connectivity index (χ1v) is 7.79. The zero-order chi connectivity index (χ0) is 14.1. The fourth-order valence-electron chi connectivity index (χ4n) is 1.87. The minimum Gasteiger partial charge on any atom is -0.207 e. The number of allylic oxidation sites excluding steroid dienone is 1. The maximum atomic E-state index is 13.2. The summed E-state index contributed by atoms with van der Waals surface area (Å²) in [6.07, 6.45) is 0. The summed E-state index contributed by atoms with van der Waals surface area (Å²) in [4.78, 5) is 1.61. The van der Waals surface area contributed by atoms with Gasteiger partial charge < -0.3 is 0 Å². The molecule has 3 aromatic rings. The van der Waals surface area contributed by atoms with Gasteiger partial charge in [-0.1, -0.05) is 23.7 Å². The second kappa shape index (κ2) is 5.37. The van der Waals surface area contributed by atoms with E-state index < -0.39 is 0 Å². The Morgan fingerprint density at radius 1 is 1.20 bits per heavy atom. The first kappa shape index (κ1) is 13.3. The normalized spacial score (nSPS) is 12.2. The molecule has 1 aromatic carbocycles. The van der Waals surface area contributed by atoms with Gasteiger partial charge >= 0.3 is 0 Å². The molecule has 0 amide bonds. The summed E-state index contributed by atoms with van der Waals surface area (Å²) in [7, 11) is 0. The number of nitrogens with zero attached hydrogens (tertiary/aromatic N) is 1. The van der Waals surface area contributed by atoms with Crippen LogP contribution in [-0.2, 0) is 0 Å². The third-order valence-corrected chi connectivity index (χ3v) is 5.30. The van der Waals surface area contributed by atoms with E-state index in [0.29, 0.717) is 10.6 Å². The molecule has 0 unspecified atom stereocenters. The summed E-state index contributed by atoms with van der Waals surface area (Å²) in [6.45, 7) is 0. The fourth-order valence-corrected chi connectivity index (χ4v) is 4.00. The topological polar surface area (TPSA) is 23.8 Å². The molecule has 0 atom stereocenters. The van der Waals surface area contributed by atoms with E-state index in [1.54, 1.807) is 6.07 Å². The van der Waals surface area contributed by atoms with E-state index in [1.807, 2.05) is 23.6 Å². The molecule has 0 saturated carbocycles. The van der Waals surface area contributed by atoms with Crippen LogP contribution in [0.4, 0.5) is 4.39 Å². The molecule has 0 aliphatic heterocycles. The summed E-state index contributed by atoms with van der Waals surface area (Å²) < 4.78 is 14.0. The van der Waals surface area contributed by atoms with Crippen LogP contribution in [-0.4, -0.2) is 0 Å². The van der Waals surface area contributed by atoms with Crippen LogP contribution in [0.1, 0.15) is 9.75 Å². The van der Waals surface area contributed by atoms with E-state index in [2.05, 4.69) is 6.07 Å². The highest BCUT2D eigenvalue weighted by atomic mass is 35.5. The summed E-state index contributed by atoms with van der Waals surface area (Å²) in [5, 5.41) is 12.5. The van der Waals surface area contributed by atoms with Gasteiger partial charge in [-0.2, -0.15) is 5.26 Å². The van der Waals surface area contributed by atoms with Crippen molar-refractivity contribution in [2.24, 2.45) is 0 Å². The van der Waals surface area contributed by atoms with Gasteiger partial charge in [-0.3, -0.25) is 0 Å². The summed E-state index contributed by atoms with van der Waals surface area (Å²) in [5.74, 6) is -0.273. The third kappa shape index (κ3) is 2.36. The molecule has 0 N–H and O–H groups in total. The molecule has 20 heavy (non-hydrogen) atoms. The van der Waals surface area contributed by atoms with Crippen LogP contribution in [0.2, 0.25) is 0 Å². The molecule has 2 aromatic heterocycles. The van der Waals surface area contributed by atoms with Crippen molar-refractivity contribution in [3.05, 3.63) is 57.3 Å². The van der Waals surface area contributed by atoms with Crippen molar-refractivity contribution in [2.75, 3.05) is 0 Å². The van der Waals surface area contributed by atoms with Crippen molar-refractivity contribution in [2.45, 2.75) is 0 Å². The smallest absolute Gasteiger partial charge is 0.124 e. The largest absolute Gasteiger partial charge is 0.207 e. The van der Waals surface area contributed by atoms with Crippen molar-refractivity contribution in [1.29, 1.82) is 5.26 Å². The van der Waals surface area contributed by atoms with Crippen LogP contribution in [0.25, 0.3) is 20.7 Å². The van der Waals surface area contributed by atoms with Gasteiger partial charge in [0.05, 0.1) is 10.6 Å². The summed E-state index contributed by atoms with van der Waals surface area (Å²) in [6, 6.07) is 12.4. The number of nitriles is 1. The van der Waals surface area contributed by atoms with Crippen LogP contribution in [0.15, 0.2) is 41.8 Å². The Balaban J connectivity index is 2.16. The molecule has 5 heteroatoms. The van der Waals surface area contributed by atoms with Crippen LogP contribution in [0.3, 0.4) is 0 Å². The van der Waals surface area contributed by atoms with E-state index in [4.69, 9.17) is 11.6 Å². The van der Waals surface area contributed by atoms with Crippen molar-refractivity contribution in [3.8, 4) is 6.07 Å². The number of halogens is 2. The Morgan fingerprint density at radius 3 is 2.75 bits per heavy atom. The van der Waals surface area contributed by atoms with Gasteiger partial charge in [0.2, 0.25) is 0 Å². The van der Waals surface area contributed by atoms with Gasteiger partial charge in [0.25, 0.3) is 0 Å². The standard InChI is InChI=1S/C15H7ClFNS2/c16-15(11(8-18)12-2-1-5-19-12)14-6-9-3-4-10(17)7-13(9)20-14/h1-7H/b15-11+. The number of thiophene rings is 2. The molecular weight excluding hydrogens is 313 g/mol. The number of fused-ring (bicyclic) bond motifs is 1. The lowest BCUT2D eigenvalue weighted by Crippen LogP contribution is -1.79. The van der Waals surface area contributed by atoms with E-state index in [0.717, 1.165) is 19.8 Å². The van der Waals surface area contributed by atoms with Crippen LogP contribution >= 0.6 is 34.3 Å². The fraction of sp³-hybridized carbons (Fsp3) is 0. The van der Waals surface area contributed by atoms with E-state index in [1.165, 1.54) is 34.8 Å². The zero-order valence-electron chi connectivity index (χ0n) is 10.1. The predicted octanol–water partition coefficient (Wildman–Crippen LogP) is 5.73. The zero-order valence-corrected chi connectivity index (χ0v) is 12.5. The monoisotopic (exact) mass is 319 g/mol. The lowest BCUT2D eigenvalue weighted by atomic mass is 10.2. The average Bonchev–Trinajstić information content (AvgIpc) is 3.07. The molecule has 0 fully saturated rings. The second-order valence-electron chi connectivity index (χ2n) is 4.07. The van der Waals surface area contributed by atoms with Crippen LogP contribution in [0.5, 0.6) is 0 Å². The van der Waals surface area contributed by atoms with Crippen molar-refractivity contribution >= 4 is 55.0 Å². The Kier molecular flexibility index (Phi) is 3.58. The highest BCUT2D eigenvalue weighted by Crippen LogP contribution is 2.37. The van der Waals surface area contributed by atoms with Gasteiger partial charge in [0.1, 0.15) is 11.9 Å². The second-order valence-corrected chi connectivity index (χ2v) is 6.48. The van der Waals surface area contributed by atoms with Crippen LogP contribution < -0.4 is 0 Å². The quantitative estimate of drug-likeness (QED) is 0.553. The SMILES string of the molecule is N#C/C(=C(\Cl)c1cc2ccc(F)cc2s1)c1cccs1. The predicted molar refractivity (Wildman–Crippen MR) is 84.4 cm³/mol. The summed E-state index contributed by atoms with van der Waals surface area (Å²) >= 11 is 9.21. The van der Waals surface area contributed by atoms with Crippen LogP contribution in [0, 0.1) is 17.1 Å². The minimum absolute atomic E-state index is 0.273. The van der Waals surface area contributed by atoms with Gasteiger partial charge in [-0.25, -0.2) is 4.39 Å². The highest BCUT2D eigenvalue weighted by molar-refractivity contribution is 7.21. The highest BCUT2D eigenvalue weighted by Gasteiger charge is 2.13. The molecule has 1 nitrogen and oxygen atoms in total. The molecular formula is C15H7ClFNS2. The molecule has 0 radical (unpaired) electrons. The van der Waals surface area contributed by atoms with E-state index >= 15 is 0 Å². The van der Waals surface area contributed by atoms with E-state index in [9.17, 15) is 9.65 Å². The lowest BCUT2D eigenvalue weighted by molar-refractivity contribution is 0.630. The molecule has 2 heterocycles. The molecule has 0 saturated heterocycles. The molecule has 0 aliphatic rings. The molecule has 98 valence electrons. The van der Waals surface area contributed by atoms with Gasteiger partial charge in [0.15, 0.2) is 0 Å². The maximum Gasteiger partial charge on any atom is 0.124 e. The first-order chi connectivity index (χ1) is 9.69. The number of benzene rings is 1. The van der Waals surface area contributed by atoms with E-state index in [-0.39, 0.29) is 5.82 Å². The number of rotatable bonds is 2. The minimum atomic E-state index is -0.273. The number of hydrogen-bond donors (Lipinski definition) is 0. The lowest BCUT2D eigenvalue weighted by Gasteiger charge is -1.98. The molecule has 0 spiro atoms. The Labute approximate surface area is 128 Å². The molecule has 0 aliphatic carbocycles. The number of hydrogen-bond acceptors (Lipinski definition) is 3. The van der Waals surface area contributed by atoms with Gasteiger partial charge in [-0.05, 0) is 35.0 Å². The third-order valence-electron chi connectivity index (χ3n) is 2.80. The Bertz CT molecular complexity index is 841. The van der Waals surface area contributed by atoms with Crippen molar-refractivity contribution in [3.63, 3.8) is 0 Å². The molecule has 3 rings (SSSR count). The Morgan fingerprint density at radius 2 is 2.05 bits per heavy atom. The first-order valence-electron chi connectivity index (χ1n) is 5.72.